The Hall–Kier alpha value is -0.990. The highest BCUT2D eigenvalue weighted by atomic mass is 16.6. The predicted octanol–water partition coefficient (Wildman–Crippen LogP) is 1.49. The molecule has 0 amide bonds. The van der Waals surface area contributed by atoms with Crippen molar-refractivity contribution in [3.8, 4) is 0 Å². The van der Waals surface area contributed by atoms with Gasteiger partial charge in [0, 0.05) is 0 Å². The molecule has 0 aliphatic rings. The zero-order valence-corrected chi connectivity index (χ0v) is 7.05. The van der Waals surface area contributed by atoms with E-state index >= 15 is 0 Å². The molecule has 0 saturated carbocycles. The van der Waals surface area contributed by atoms with E-state index in [-0.39, 0.29) is 5.76 Å². The Morgan fingerprint density at radius 1 is 1.36 bits per heavy atom. The van der Waals surface area contributed by atoms with Gasteiger partial charge in [-0.25, -0.2) is 4.79 Å². The van der Waals surface area contributed by atoms with E-state index in [4.69, 9.17) is 4.74 Å². The minimum absolute atomic E-state index is 0.0914. The van der Waals surface area contributed by atoms with Crippen LogP contribution in [0.3, 0.4) is 0 Å². The zero-order chi connectivity index (χ0) is 8.69. The van der Waals surface area contributed by atoms with Gasteiger partial charge in [-0.1, -0.05) is 6.92 Å². The quantitative estimate of drug-likeness (QED) is 0.345. The Labute approximate surface area is 67.0 Å². The van der Waals surface area contributed by atoms with Crippen LogP contribution in [0, 0.1) is 0 Å². The summed E-state index contributed by atoms with van der Waals surface area (Å²) in [5.74, 6) is -0.380. The number of carbonyl (C=O) groups excluding carboxylic acids is 1. The highest BCUT2D eigenvalue weighted by molar-refractivity contribution is 5.85. The molecule has 0 unspecified atom stereocenters. The van der Waals surface area contributed by atoms with Crippen LogP contribution >= 0.6 is 0 Å². The SMILES string of the molecule is C=C(OCCC)C(=O)OCC. The molecule has 0 aromatic rings. The van der Waals surface area contributed by atoms with E-state index in [0.717, 1.165) is 6.42 Å². The molecule has 0 atom stereocenters. The van der Waals surface area contributed by atoms with Crippen LogP contribution < -0.4 is 0 Å². The van der Waals surface area contributed by atoms with Crippen LogP contribution in [-0.2, 0) is 14.3 Å². The largest absolute Gasteiger partial charge is 0.487 e. The summed E-state index contributed by atoms with van der Waals surface area (Å²) in [4.78, 5) is 10.8. The van der Waals surface area contributed by atoms with Gasteiger partial charge in [0.15, 0.2) is 5.76 Å². The molecular formula is C8H14O3. The van der Waals surface area contributed by atoms with Gasteiger partial charge >= 0.3 is 5.97 Å². The van der Waals surface area contributed by atoms with Crippen molar-refractivity contribution in [2.24, 2.45) is 0 Å². The van der Waals surface area contributed by atoms with Gasteiger partial charge in [-0.2, -0.15) is 0 Å². The van der Waals surface area contributed by atoms with E-state index < -0.39 is 5.97 Å². The van der Waals surface area contributed by atoms with E-state index in [1.54, 1.807) is 6.92 Å². The number of carbonyl (C=O) groups is 1. The van der Waals surface area contributed by atoms with Gasteiger partial charge in [0.1, 0.15) is 0 Å². The monoisotopic (exact) mass is 158 g/mol. The summed E-state index contributed by atoms with van der Waals surface area (Å²) in [5, 5.41) is 0. The highest BCUT2D eigenvalue weighted by Gasteiger charge is 2.07. The lowest BCUT2D eigenvalue weighted by Gasteiger charge is -2.05. The summed E-state index contributed by atoms with van der Waals surface area (Å²) in [5.41, 5.74) is 0. The Kier molecular flexibility index (Phi) is 5.25. The van der Waals surface area contributed by atoms with Gasteiger partial charge in [0.05, 0.1) is 13.2 Å². The maximum absolute atomic E-state index is 10.8. The fourth-order valence-corrected chi connectivity index (χ4v) is 0.496. The standard InChI is InChI=1S/C8H14O3/c1-4-6-11-7(3)8(9)10-5-2/h3-6H2,1-2H3. The highest BCUT2D eigenvalue weighted by Crippen LogP contribution is 1.97. The smallest absolute Gasteiger partial charge is 0.372 e. The summed E-state index contributed by atoms with van der Waals surface area (Å²) in [6.07, 6.45) is 0.860. The van der Waals surface area contributed by atoms with E-state index in [0.29, 0.717) is 13.2 Å². The maximum atomic E-state index is 10.8. The first-order valence-corrected chi connectivity index (χ1v) is 3.71. The summed E-state index contributed by atoms with van der Waals surface area (Å²) in [6, 6.07) is 0. The molecule has 0 aliphatic carbocycles. The van der Waals surface area contributed by atoms with Crippen molar-refractivity contribution in [1.82, 2.24) is 0 Å². The molecule has 0 heterocycles. The molecule has 0 aliphatic heterocycles. The van der Waals surface area contributed by atoms with Gasteiger partial charge in [0.2, 0.25) is 0 Å². The first-order valence-electron chi connectivity index (χ1n) is 3.71. The van der Waals surface area contributed by atoms with Crippen LogP contribution in [0.15, 0.2) is 12.3 Å². The fourth-order valence-electron chi connectivity index (χ4n) is 0.496. The Balaban J connectivity index is 3.56. The third kappa shape index (κ3) is 4.42. The minimum atomic E-state index is -0.471. The summed E-state index contributed by atoms with van der Waals surface area (Å²) in [6.45, 7) is 7.98. The second-order valence-corrected chi connectivity index (χ2v) is 1.99. The van der Waals surface area contributed by atoms with E-state index in [2.05, 4.69) is 11.3 Å². The number of hydrogen-bond acceptors (Lipinski definition) is 3. The van der Waals surface area contributed by atoms with Gasteiger partial charge in [-0.15, -0.1) is 0 Å². The van der Waals surface area contributed by atoms with Gasteiger partial charge < -0.3 is 9.47 Å². The van der Waals surface area contributed by atoms with Crippen molar-refractivity contribution in [3.05, 3.63) is 12.3 Å². The first-order chi connectivity index (χ1) is 5.22. The van der Waals surface area contributed by atoms with E-state index in [9.17, 15) is 4.79 Å². The third-order valence-electron chi connectivity index (χ3n) is 0.984. The minimum Gasteiger partial charge on any atom is -0.487 e. The van der Waals surface area contributed by atoms with Crippen LogP contribution in [0.5, 0.6) is 0 Å². The van der Waals surface area contributed by atoms with E-state index in [1.165, 1.54) is 0 Å². The van der Waals surface area contributed by atoms with Crippen molar-refractivity contribution in [2.75, 3.05) is 13.2 Å². The maximum Gasteiger partial charge on any atom is 0.372 e. The van der Waals surface area contributed by atoms with Crippen LogP contribution in [0.4, 0.5) is 0 Å². The fraction of sp³-hybridized carbons (Fsp3) is 0.625. The number of ether oxygens (including phenoxy) is 2. The molecule has 64 valence electrons. The molecule has 0 N–H and O–H groups in total. The van der Waals surface area contributed by atoms with Gasteiger partial charge in [-0.05, 0) is 19.9 Å². The Morgan fingerprint density at radius 3 is 2.45 bits per heavy atom. The van der Waals surface area contributed by atoms with Crippen molar-refractivity contribution < 1.29 is 14.3 Å². The van der Waals surface area contributed by atoms with Crippen LogP contribution in [0.2, 0.25) is 0 Å². The zero-order valence-electron chi connectivity index (χ0n) is 7.05. The van der Waals surface area contributed by atoms with E-state index in [1.807, 2.05) is 6.92 Å². The summed E-state index contributed by atoms with van der Waals surface area (Å²) >= 11 is 0. The van der Waals surface area contributed by atoms with Crippen LogP contribution in [0.25, 0.3) is 0 Å². The molecule has 0 fully saturated rings. The normalized spacial score (nSPS) is 8.91. The lowest BCUT2D eigenvalue weighted by Crippen LogP contribution is -2.09. The topological polar surface area (TPSA) is 35.5 Å². The molecule has 0 bridgehead atoms. The third-order valence-corrected chi connectivity index (χ3v) is 0.984. The van der Waals surface area contributed by atoms with Crippen LogP contribution in [0.1, 0.15) is 20.3 Å². The average molecular weight is 158 g/mol. The van der Waals surface area contributed by atoms with Crippen LogP contribution in [-0.4, -0.2) is 19.2 Å². The molecule has 11 heavy (non-hydrogen) atoms. The van der Waals surface area contributed by atoms with Crippen molar-refractivity contribution in [1.29, 1.82) is 0 Å². The molecule has 0 saturated heterocycles. The average Bonchev–Trinajstić information content (AvgIpc) is 2.00. The Morgan fingerprint density at radius 2 is 2.00 bits per heavy atom. The van der Waals surface area contributed by atoms with Gasteiger partial charge in [-0.3, -0.25) is 0 Å². The number of hydrogen-bond donors (Lipinski definition) is 0. The van der Waals surface area contributed by atoms with Crippen molar-refractivity contribution in [3.63, 3.8) is 0 Å². The summed E-state index contributed by atoms with van der Waals surface area (Å²) < 4.78 is 9.57. The molecular weight excluding hydrogens is 144 g/mol. The first kappa shape index (κ1) is 10.0. The second kappa shape index (κ2) is 5.77. The Bertz CT molecular complexity index is 140. The molecule has 0 radical (unpaired) electrons. The second-order valence-electron chi connectivity index (χ2n) is 1.99. The molecule has 0 spiro atoms. The molecule has 0 aromatic heterocycles. The number of rotatable bonds is 5. The number of esters is 1. The van der Waals surface area contributed by atoms with Gasteiger partial charge in [0.25, 0.3) is 0 Å². The molecule has 0 rings (SSSR count). The predicted molar refractivity (Wildman–Crippen MR) is 42.0 cm³/mol. The lowest BCUT2D eigenvalue weighted by molar-refractivity contribution is -0.142. The van der Waals surface area contributed by atoms with Crippen molar-refractivity contribution >= 4 is 5.97 Å². The summed E-state index contributed by atoms with van der Waals surface area (Å²) in [7, 11) is 0. The molecule has 0 aromatic carbocycles. The lowest BCUT2D eigenvalue weighted by atomic mass is 10.5. The molecule has 3 heteroatoms. The molecule has 3 nitrogen and oxygen atoms in total. The van der Waals surface area contributed by atoms with Crippen molar-refractivity contribution in [2.45, 2.75) is 20.3 Å².